The van der Waals surface area contributed by atoms with E-state index in [0.717, 1.165) is 24.3 Å². The summed E-state index contributed by atoms with van der Waals surface area (Å²) in [5.41, 5.74) is 0.239. The highest BCUT2D eigenvalue weighted by Gasteiger charge is 2.19. The molecule has 6 nitrogen and oxygen atoms in total. The molecule has 0 aliphatic heterocycles. The van der Waals surface area contributed by atoms with Gasteiger partial charge in [0.2, 0.25) is 0 Å². The standard InChI is InChI=1S/C19H13BrClFN2O4S/c20-16-9-12(22)4-6-15(16)19(26)23-17-10-14(5-7-18(17)25)29(27,28)24-13-3-1-2-11(21)8-13/h1-10,24-25H,(H,23,26). The van der Waals surface area contributed by atoms with Crippen molar-refractivity contribution in [2.45, 2.75) is 4.90 Å². The lowest BCUT2D eigenvalue weighted by molar-refractivity contribution is 0.102. The molecular weight excluding hydrogens is 487 g/mol. The molecule has 3 aromatic carbocycles. The van der Waals surface area contributed by atoms with Crippen LogP contribution in [-0.4, -0.2) is 19.4 Å². The number of halogens is 3. The second-order valence-corrected chi connectivity index (χ2v) is 8.85. The molecule has 3 aromatic rings. The number of sulfonamides is 1. The maximum atomic E-state index is 13.2. The van der Waals surface area contributed by atoms with Crippen molar-refractivity contribution in [2.75, 3.05) is 10.0 Å². The fourth-order valence-corrected chi connectivity index (χ4v) is 4.21. The topological polar surface area (TPSA) is 95.5 Å². The number of amides is 1. The molecule has 0 unspecified atom stereocenters. The third-order valence-corrected chi connectivity index (χ3v) is 6.05. The van der Waals surface area contributed by atoms with Crippen LogP contribution < -0.4 is 10.0 Å². The van der Waals surface area contributed by atoms with Gasteiger partial charge in [0.05, 0.1) is 21.8 Å². The molecule has 0 saturated carbocycles. The zero-order valence-electron chi connectivity index (χ0n) is 14.5. The Balaban J connectivity index is 1.88. The van der Waals surface area contributed by atoms with E-state index in [2.05, 4.69) is 26.0 Å². The highest BCUT2D eigenvalue weighted by Crippen LogP contribution is 2.29. The van der Waals surface area contributed by atoms with Crippen LogP contribution in [0.3, 0.4) is 0 Å². The first-order chi connectivity index (χ1) is 13.7. The first-order valence-corrected chi connectivity index (χ1v) is 10.7. The molecule has 3 rings (SSSR count). The second-order valence-electron chi connectivity index (χ2n) is 5.87. The Labute approximate surface area is 179 Å². The van der Waals surface area contributed by atoms with Crippen molar-refractivity contribution in [3.63, 3.8) is 0 Å². The molecule has 3 N–H and O–H groups in total. The monoisotopic (exact) mass is 498 g/mol. The van der Waals surface area contributed by atoms with E-state index in [1.165, 1.54) is 24.3 Å². The van der Waals surface area contributed by atoms with E-state index in [9.17, 15) is 22.7 Å². The lowest BCUT2D eigenvalue weighted by atomic mass is 10.2. The average Bonchev–Trinajstić information content (AvgIpc) is 2.63. The SMILES string of the molecule is O=C(Nc1cc(S(=O)(=O)Nc2cccc(Cl)c2)ccc1O)c1ccc(F)cc1Br. The summed E-state index contributed by atoms with van der Waals surface area (Å²) in [6.45, 7) is 0. The number of aromatic hydroxyl groups is 1. The molecule has 0 heterocycles. The molecule has 0 spiro atoms. The molecule has 1 amide bonds. The number of nitrogens with one attached hydrogen (secondary N) is 2. The number of hydrogen-bond acceptors (Lipinski definition) is 4. The molecule has 29 heavy (non-hydrogen) atoms. The molecule has 0 atom stereocenters. The highest BCUT2D eigenvalue weighted by atomic mass is 79.9. The van der Waals surface area contributed by atoms with Gasteiger partial charge >= 0.3 is 0 Å². The summed E-state index contributed by atoms with van der Waals surface area (Å²) in [6, 6.07) is 13.1. The van der Waals surface area contributed by atoms with Gasteiger partial charge in [0.25, 0.3) is 15.9 Å². The van der Waals surface area contributed by atoms with Crippen LogP contribution >= 0.6 is 27.5 Å². The number of carbonyl (C=O) groups is 1. The van der Waals surface area contributed by atoms with E-state index in [-0.39, 0.29) is 32.1 Å². The smallest absolute Gasteiger partial charge is 0.261 e. The van der Waals surface area contributed by atoms with Gasteiger partial charge < -0.3 is 10.4 Å². The van der Waals surface area contributed by atoms with Gasteiger partial charge in [-0.2, -0.15) is 0 Å². The number of benzene rings is 3. The Kier molecular flexibility index (Phi) is 6.11. The first-order valence-electron chi connectivity index (χ1n) is 8.03. The van der Waals surface area contributed by atoms with Crippen LogP contribution in [0.5, 0.6) is 5.75 Å². The van der Waals surface area contributed by atoms with Gasteiger partial charge in [0, 0.05) is 9.50 Å². The number of anilines is 2. The summed E-state index contributed by atoms with van der Waals surface area (Å²) in [5, 5.41) is 12.8. The van der Waals surface area contributed by atoms with Gasteiger partial charge in [0.15, 0.2) is 0 Å². The Bertz CT molecular complexity index is 1200. The van der Waals surface area contributed by atoms with Gasteiger partial charge in [0.1, 0.15) is 11.6 Å². The zero-order chi connectivity index (χ0) is 21.2. The van der Waals surface area contributed by atoms with E-state index in [4.69, 9.17) is 11.6 Å². The van der Waals surface area contributed by atoms with Crippen LogP contribution in [0.4, 0.5) is 15.8 Å². The van der Waals surface area contributed by atoms with Crippen LogP contribution in [-0.2, 0) is 10.0 Å². The van der Waals surface area contributed by atoms with Crippen LogP contribution in [0.15, 0.2) is 70.0 Å². The Morgan fingerprint density at radius 3 is 2.52 bits per heavy atom. The van der Waals surface area contributed by atoms with E-state index >= 15 is 0 Å². The lowest BCUT2D eigenvalue weighted by Gasteiger charge is -2.12. The van der Waals surface area contributed by atoms with Gasteiger partial charge in [-0.3, -0.25) is 9.52 Å². The fourth-order valence-electron chi connectivity index (χ4n) is 2.41. The van der Waals surface area contributed by atoms with Crippen LogP contribution in [0.1, 0.15) is 10.4 Å². The number of phenolic OH excluding ortho intramolecular Hbond substituents is 1. The molecule has 0 bridgehead atoms. The van der Waals surface area contributed by atoms with E-state index in [0.29, 0.717) is 5.02 Å². The van der Waals surface area contributed by atoms with Crippen molar-refractivity contribution >= 4 is 54.8 Å². The first kappa shape index (κ1) is 21.1. The van der Waals surface area contributed by atoms with E-state index < -0.39 is 21.7 Å². The summed E-state index contributed by atoms with van der Waals surface area (Å²) in [6.07, 6.45) is 0. The summed E-state index contributed by atoms with van der Waals surface area (Å²) in [7, 11) is -4.01. The molecular formula is C19H13BrClFN2O4S. The number of carbonyl (C=O) groups excluding carboxylic acids is 1. The maximum absolute atomic E-state index is 13.2. The van der Waals surface area contributed by atoms with Crippen LogP contribution in [0.2, 0.25) is 5.02 Å². The second kappa shape index (κ2) is 8.40. The van der Waals surface area contributed by atoms with Crippen molar-refractivity contribution in [3.8, 4) is 5.75 Å². The predicted octanol–water partition coefficient (Wildman–Crippen LogP) is 5.00. The van der Waals surface area contributed by atoms with Crippen LogP contribution in [0, 0.1) is 5.82 Å². The zero-order valence-corrected chi connectivity index (χ0v) is 17.6. The van der Waals surface area contributed by atoms with Gasteiger partial charge in [-0.25, -0.2) is 12.8 Å². The molecule has 0 fully saturated rings. The summed E-state index contributed by atoms with van der Waals surface area (Å²) in [4.78, 5) is 12.2. The summed E-state index contributed by atoms with van der Waals surface area (Å²) < 4.78 is 41.0. The minimum absolute atomic E-state index is 0.108. The summed E-state index contributed by atoms with van der Waals surface area (Å²) >= 11 is 8.95. The highest BCUT2D eigenvalue weighted by molar-refractivity contribution is 9.10. The minimum atomic E-state index is -4.01. The molecule has 0 saturated heterocycles. The Morgan fingerprint density at radius 2 is 1.83 bits per heavy atom. The lowest BCUT2D eigenvalue weighted by Crippen LogP contribution is -2.15. The van der Waals surface area contributed by atoms with Gasteiger partial charge in [-0.15, -0.1) is 0 Å². The van der Waals surface area contributed by atoms with Crippen molar-refractivity contribution in [3.05, 3.63) is 81.5 Å². The molecule has 10 heteroatoms. The van der Waals surface area contributed by atoms with Gasteiger partial charge in [-0.1, -0.05) is 17.7 Å². The summed E-state index contributed by atoms with van der Waals surface area (Å²) in [5.74, 6) is -1.53. The predicted molar refractivity (Wildman–Crippen MR) is 112 cm³/mol. The van der Waals surface area contributed by atoms with Crippen molar-refractivity contribution in [1.82, 2.24) is 0 Å². The van der Waals surface area contributed by atoms with Crippen molar-refractivity contribution in [2.24, 2.45) is 0 Å². The average molecular weight is 500 g/mol. The molecule has 0 aromatic heterocycles. The van der Waals surface area contributed by atoms with Gasteiger partial charge in [-0.05, 0) is 70.5 Å². The van der Waals surface area contributed by atoms with Crippen LogP contribution in [0.25, 0.3) is 0 Å². The maximum Gasteiger partial charge on any atom is 0.261 e. The minimum Gasteiger partial charge on any atom is -0.506 e. The van der Waals surface area contributed by atoms with E-state index in [1.54, 1.807) is 12.1 Å². The quantitative estimate of drug-likeness (QED) is 0.431. The molecule has 0 radical (unpaired) electrons. The molecule has 0 aliphatic rings. The normalized spacial score (nSPS) is 11.1. The number of rotatable bonds is 5. The molecule has 0 aliphatic carbocycles. The van der Waals surface area contributed by atoms with Crippen molar-refractivity contribution < 1.29 is 22.7 Å². The third-order valence-electron chi connectivity index (χ3n) is 3.78. The number of hydrogen-bond donors (Lipinski definition) is 3. The van der Waals surface area contributed by atoms with Crippen molar-refractivity contribution in [1.29, 1.82) is 0 Å². The Morgan fingerprint density at radius 1 is 1.07 bits per heavy atom. The number of phenols is 1. The third kappa shape index (κ3) is 5.06. The largest absolute Gasteiger partial charge is 0.506 e. The Hall–Kier alpha value is -2.62. The fraction of sp³-hybridized carbons (Fsp3) is 0. The van der Waals surface area contributed by atoms with E-state index in [1.807, 2.05) is 0 Å². The molecule has 150 valence electrons.